The molecular formula is C14H18FN3O. The molecule has 0 aliphatic rings. The second-order valence-corrected chi connectivity index (χ2v) is 4.25. The number of imidazole rings is 1. The van der Waals surface area contributed by atoms with Crippen LogP contribution in [0.3, 0.4) is 0 Å². The zero-order valence-corrected chi connectivity index (χ0v) is 11.2. The molecule has 0 fully saturated rings. The van der Waals surface area contributed by atoms with Gasteiger partial charge in [0.2, 0.25) is 0 Å². The van der Waals surface area contributed by atoms with Crippen molar-refractivity contribution in [2.24, 2.45) is 0 Å². The van der Waals surface area contributed by atoms with Crippen LogP contribution in [0, 0.1) is 5.82 Å². The molecule has 4 nitrogen and oxygen atoms in total. The van der Waals surface area contributed by atoms with E-state index in [1.54, 1.807) is 24.5 Å². The van der Waals surface area contributed by atoms with Crippen molar-refractivity contribution in [3.8, 4) is 5.75 Å². The number of benzene rings is 1. The van der Waals surface area contributed by atoms with Gasteiger partial charge in [0.15, 0.2) is 11.6 Å². The van der Waals surface area contributed by atoms with Gasteiger partial charge in [0.1, 0.15) is 0 Å². The minimum absolute atomic E-state index is 0.269. The Kier molecular flexibility index (Phi) is 4.52. The van der Waals surface area contributed by atoms with Crippen LogP contribution >= 0.6 is 0 Å². The topological polar surface area (TPSA) is 39.1 Å². The Morgan fingerprint density at radius 2 is 2.26 bits per heavy atom. The maximum Gasteiger partial charge on any atom is 0.170 e. The van der Waals surface area contributed by atoms with Crippen molar-refractivity contribution in [2.75, 3.05) is 13.7 Å². The molecule has 0 spiro atoms. The van der Waals surface area contributed by atoms with E-state index in [0.717, 1.165) is 18.8 Å². The Hall–Kier alpha value is -1.88. The molecule has 102 valence electrons. The van der Waals surface area contributed by atoms with Gasteiger partial charge in [-0.05, 0) is 12.6 Å². The highest BCUT2D eigenvalue weighted by Crippen LogP contribution is 2.20. The molecule has 0 saturated carbocycles. The van der Waals surface area contributed by atoms with Crippen LogP contribution in [0.25, 0.3) is 0 Å². The Labute approximate surface area is 112 Å². The summed E-state index contributed by atoms with van der Waals surface area (Å²) in [4.78, 5) is 4.27. The number of rotatable bonds is 6. The zero-order chi connectivity index (χ0) is 13.7. The van der Waals surface area contributed by atoms with E-state index < -0.39 is 0 Å². The van der Waals surface area contributed by atoms with E-state index in [1.165, 1.54) is 7.11 Å². The van der Waals surface area contributed by atoms with E-state index in [-0.39, 0.29) is 11.6 Å². The molecule has 0 saturated heterocycles. The first-order valence-corrected chi connectivity index (χ1v) is 6.27. The molecule has 19 heavy (non-hydrogen) atoms. The number of methoxy groups -OCH3 is 1. The predicted octanol–water partition coefficient (Wildman–Crippen LogP) is 2.19. The molecule has 2 aromatic rings. The fourth-order valence-electron chi connectivity index (χ4n) is 1.87. The van der Waals surface area contributed by atoms with Gasteiger partial charge in [-0.15, -0.1) is 0 Å². The Morgan fingerprint density at radius 3 is 3.00 bits per heavy atom. The summed E-state index contributed by atoms with van der Waals surface area (Å²) < 4.78 is 20.8. The highest BCUT2D eigenvalue weighted by molar-refractivity contribution is 5.31. The number of nitrogens with one attached hydrogen (secondary N) is 1. The van der Waals surface area contributed by atoms with Crippen molar-refractivity contribution in [1.82, 2.24) is 14.9 Å². The maximum absolute atomic E-state index is 14.0. The highest BCUT2D eigenvalue weighted by atomic mass is 19.1. The van der Waals surface area contributed by atoms with Gasteiger partial charge in [-0.1, -0.05) is 19.1 Å². The molecule has 0 bridgehead atoms. The third kappa shape index (κ3) is 3.32. The van der Waals surface area contributed by atoms with Crippen LogP contribution in [-0.2, 0) is 13.1 Å². The average Bonchev–Trinajstić information content (AvgIpc) is 2.86. The fraction of sp³-hybridized carbons (Fsp3) is 0.357. The summed E-state index contributed by atoms with van der Waals surface area (Å²) in [6.07, 6.45) is 3.63. The molecule has 1 aromatic carbocycles. The molecule has 0 aliphatic carbocycles. The van der Waals surface area contributed by atoms with Crippen molar-refractivity contribution >= 4 is 0 Å². The van der Waals surface area contributed by atoms with Gasteiger partial charge in [0.05, 0.1) is 25.7 Å². The average molecular weight is 263 g/mol. The third-order valence-electron chi connectivity index (χ3n) is 2.86. The Balaban J connectivity index is 2.10. The van der Waals surface area contributed by atoms with E-state index in [9.17, 15) is 4.39 Å². The van der Waals surface area contributed by atoms with Gasteiger partial charge in [0, 0.05) is 18.3 Å². The molecule has 0 radical (unpaired) electrons. The standard InChI is InChI=1S/C14H18FN3O/c1-3-16-7-12-9-18(10-17-12)8-11-5-4-6-13(19-2)14(11)15/h4-6,9-10,16H,3,7-8H2,1-2H3. The monoisotopic (exact) mass is 263 g/mol. The molecule has 0 aliphatic heterocycles. The van der Waals surface area contributed by atoms with Crippen LogP contribution in [-0.4, -0.2) is 23.2 Å². The predicted molar refractivity (Wildman–Crippen MR) is 71.7 cm³/mol. The lowest BCUT2D eigenvalue weighted by Gasteiger charge is -2.07. The molecule has 0 atom stereocenters. The van der Waals surface area contributed by atoms with Crippen molar-refractivity contribution in [3.05, 3.63) is 47.8 Å². The van der Waals surface area contributed by atoms with E-state index in [1.807, 2.05) is 17.7 Å². The summed E-state index contributed by atoms with van der Waals surface area (Å²) in [5.41, 5.74) is 1.54. The van der Waals surface area contributed by atoms with E-state index in [0.29, 0.717) is 12.1 Å². The number of halogens is 1. The first-order valence-electron chi connectivity index (χ1n) is 6.27. The summed E-state index contributed by atoms with van der Waals surface area (Å²) in [6, 6.07) is 5.15. The zero-order valence-electron chi connectivity index (χ0n) is 11.2. The second kappa shape index (κ2) is 6.33. The quantitative estimate of drug-likeness (QED) is 0.868. The number of ether oxygens (including phenoxy) is 1. The van der Waals surface area contributed by atoms with Gasteiger partial charge in [0.25, 0.3) is 0 Å². The van der Waals surface area contributed by atoms with E-state index >= 15 is 0 Å². The van der Waals surface area contributed by atoms with E-state index in [2.05, 4.69) is 10.3 Å². The van der Waals surface area contributed by atoms with Crippen molar-refractivity contribution in [1.29, 1.82) is 0 Å². The van der Waals surface area contributed by atoms with Crippen LogP contribution in [0.2, 0.25) is 0 Å². The van der Waals surface area contributed by atoms with Crippen molar-refractivity contribution in [2.45, 2.75) is 20.0 Å². The molecule has 5 heteroatoms. The lowest BCUT2D eigenvalue weighted by atomic mass is 10.2. The molecule has 0 unspecified atom stereocenters. The molecule has 0 amide bonds. The highest BCUT2D eigenvalue weighted by Gasteiger charge is 2.09. The summed E-state index contributed by atoms with van der Waals surface area (Å²) in [6.45, 7) is 4.12. The number of hydrogen-bond acceptors (Lipinski definition) is 3. The lowest BCUT2D eigenvalue weighted by Crippen LogP contribution is -2.11. The van der Waals surface area contributed by atoms with Gasteiger partial charge in [-0.3, -0.25) is 0 Å². The first kappa shape index (κ1) is 13.5. The molecule has 1 heterocycles. The summed E-state index contributed by atoms with van der Waals surface area (Å²) in [5, 5.41) is 3.20. The minimum atomic E-state index is -0.313. The van der Waals surface area contributed by atoms with Gasteiger partial charge in [-0.25, -0.2) is 9.37 Å². The van der Waals surface area contributed by atoms with Gasteiger partial charge in [-0.2, -0.15) is 0 Å². The number of aromatic nitrogens is 2. The van der Waals surface area contributed by atoms with Gasteiger partial charge < -0.3 is 14.6 Å². The number of nitrogens with zero attached hydrogens (tertiary/aromatic N) is 2. The van der Waals surface area contributed by atoms with Crippen LogP contribution < -0.4 is 10.1 Å². The lowest BCUT2D eigenvalue weighted by molar-refractivity contribution is 0.383. The maximum atomic E-state index is 14.0. The van der Waals surface area contributed by atoms with Crippen LogP contribution in [0.1, 0.15) is 18.2 Å². The Morgan fingerprint density at radius 1 is 1.42 bits per heavy atom. The molecular weight excluding hydrogens is 245 g/mol. The number of hydrogen-bond donors (Lipinski definition) is 1. The van der Waals surface area contributed by atoms with Crippen LogP contribution in [0.5, 0.6) is 5.75 Å². The summed E-state index contributed by atoms with van der Waals surface area (Å²) in [7, 11) is 1.47. The fourth-order valence-corrected chi connectivity index (χ4v) is 1.87. The van der Waals surface area contributed by atoms with E-state index in [4.69, 9.17) is 4.74 Å². The molecule has 1 aromatic heterocycles. The van der Waals surface area contributed by atoms with Crippen LogP contribution in [0.15, 0.2) is 30.7 Å². The molecule has 2 rings (SSSR count). The Bertz CT molecular complexity index is 539. The van der Waals surface area contributed by atoms with Gasteiger partial charge >= 0.3 is 0 Å². The molecule has 1 N–H and O–H groups in total. The SMILES string of the molecule is CCNCc1cn(Cc2cccc(OC)c2F)cn1. The first-order chi connectivity index (χ1) is 9.24. The minimum Gasteiger partial charge on any atom is -0.494 e. The smallest absolute Gasteiger partial charge is 0.170 e. The van der Waals surface area contributed by atoms with Crippen LogP contribution in [0.4, 0.5) is 4.39 Å². The second-order valence-electron chi connectivity index (χ2n) is 4.25. The van der Waals surface area contributed by atoms with Crippen molar-refractivity contribution < 1.29 is 9.13 Å². The van der Waals surface area contributed by atoms with Crippen molar-refractivity contribution in [3.63, 3.8) is 0 Å². The third-order valence-corrected chi connectivity index (χ3v) is 2.86. The summed E-state index contributed by atoms with van der Waals surface area (Å²) in [5.74, 6) is -0.0441. The summed E-state index contributed by atoms with van der Waals surface area (Å²) >= 11 is 0. The largest absolute Gasteiger partial charge is 0.494 e. The normalized spacial score (nSPS) is 10.7.